The Bertz CT molecular complexity index is 778. The SMILES string of the molecule is Cc1ccc(C(=O)N2CCC(c3ccc(C#N)cc3)CC2)cc1C. The normalized spacial score (nSPS) is 15.1. The van der Waals surface area contributed by atoms with Gasteiger partial charge in [-0.2, -0.15) is 5.26 Å². The highest BCUT2D eigenvalue weighted by Gasteiger charge is 2.24. The van der Waals surface area contributed by atoms with Gasteiger partial charge in [0, 0.05) is 18.7 Å². The first kappa shape index (κ1) is 16.3. The first-order valence-corrected chi connectivity index (χ1v) is 8.45. The third kappa shape index (κ3) is 3.33. The molecular weight excluding hydrogens is 296 g/mol. The molecule has 0 unspecified atom stereocenters. The molecule has 24 heavy (non-hydrogen) atoms. The molecule has 2 aromatic rings. The van der Waals surface area contributed by atoms with Crippen molar-refractivity contribution in [3.05, 3.63) is 70.3 Å². The Morgan fingerprint density at radius 1 is 1.04 bits per heavy atom. The lowest BCUT2D eigenvalue weighted by Gasteiger charge is -2.32. The summed E-state index contributed by atoms with van der Waals surface area (Å²) in [6.45, 7) is 5.68. The Labute approximate surface area is 143 Å². The summed E-state index contributed by atoms with van der Waals surface area (Å²) >= 11 is 0. The van der Waals surface area contributed by atoms with Crippen molar-refractivity contribution in [3.63, 3.8) is 0 Å². The molecule has 1 heterocycles. The Hall–Kier alpha value is -2.60. The van der Waals surface area contributed by atoms with Crippen LogP contribution in [-0.2, 0) is 0 Å². The molecule has 1 fully saturated rings. The number of nitriles is 1. The summed E-state index contributed by atoms with van der Waals surface area (Å²) in [7, 11) is 0. The number of hydrogen-bond donors (Lipinski definition) is 0. The largest absolute Gasteiger partial charge is 0.339 e. The minimum atomic E-state index is 0.136. The van der Waals surface area contributed by atoms with E-state index < -0.39 is 0 Å². The van der Waals surface area contributed by atoms with Crippen LogP contribution in [0.25, 0.3) is 0 Å². The van der Waals surface area contributed by atoms with Gasteiger partial charge in [-0.25, -0.2) is 0 Å². The van der Waals surface area contributed by atoms with Crippen molar-refractivity contribution in [3.8, 4) is 6.07 Å². The molecule has 3 heteroatoms. The van der Waals surface area contributed by atoms with Crippen molar-refractivity contribution in [2.45, 2.75) is 32.6 Å². The van der Waals surface area contributed by atoms with Gasteiger partial charge in [-0.05, 0) is 73.6 Å². The number of rotatable bonds is 2. The number of piperidine rings is 1. The van der Waals surface area contributed by atoms with Crippen LogP contribution < -0.4 is 0 Å². The number of nitrogens with zero attached hydrogens (tertiary/aromatic N) is 2. The molecule has 0 atom stereocenters. The van der Waals surface area contributed by atoms with Crippen LogP contribution in [0.4, 0.5) is 0 Å². The topological polar surface area (TPSA) is 44.1 Å². The van der Waals surface area contributed by atoms with E-state index in [9.17, 15) is 4.79 Å². The summed E-state index contributed by atoms with van der Waals surface area (Å²) in [5.74, 6) is 0.609. The molecule has 1 aliphatic rings. The van der Waals surface area contributed by atoms with Crippen molar-refractivity contribution < 1.29 is 4.79 Å². The molecule has 3 nitrogen and oxygen atoms in total. The number of amides is 1. The maximum absolute atomic E-state index is 12.7. The molecule has 0 bridgehead atoms. The van der Waals surface area contributed by atoms with Gasteiger partial charge in [-0.15, -0.1) is 0 Å². The molecule has 0 aromatic heterocycles. The van der Waals surface area contributed by atoms with Crippen LogP contribution in [-0.4, -0.2) is 23.9 Å². The van der Waals surface area contributed by atoms with Gasteiger partial charge in [0.1, 0.15) is 0 Å². The second-order valence-electron chi connectivity index (χ2n) is 6.60. The third-order valence-corrected chi connectivity index (χ3v) is 5.05. The van der Waals surface area contributed by atoms with Crippen molar-refractivity contribution in [2.24, 2.45) is 0 Å². The molecule has 0 aliphatic carbocycles. The van der Waals surface area contributed by atoms with Gasteiger partial charge in [0.15, 0.2) is 0 Å². The molecule has 2 aromatic carbocycles. The van der Waals surface area contributed by atoms with E-state index >= 15 is 0 Å². The predicted molar refractivity (Wildman–Crippen MR) is 95.0 cm³/mol. The molecule has 122 valence electrons. The Morgan fingerprint density at radius 3 is 2.29 bits per heavy atom. The molecule has 1 amide bonds. The van der Waals surface area contributed by atoms with Crippen LogP contribution in [0.3, 0.4) is 0 Å². The zero-order valence-electron chi connectivity index (χ0n) is 14.2. The van der Waals surface area contributed by atoms with Gasteiger partial charge in [0.25, 0.3) is 5.91 Å². The number of benzene rings is 2. The van der Waals surface area contributed by atoms with Crippen LogP contribution in [0.5, 0.6) is 0 Å². The van der Waals surface area contributed by atoms with Crippen molar-refractivity contribution in [1.29, 1.82) is 5.26 Å². The molecule has 0 saturated carbocycles. The first-order chi connectivity index (χ1) is 11.6. The number of aryl methyl sites for hydroxylation is 2. The van der Waals surface area contributed by atoms with E-state index in [0.29, 0.717) is 11.5 Å². The Morgan fingerprint density at radius 2 is 1.71 bits per heavy atom. The van der Waals surface area contributed by atoms with Crippen molar-refractivity contribution >= 4 is 5.91 Å². The zero-order chi connectivity index (χ0) is 17.1. The summed E-state index contributed by atoms with van der Waals surface area (Å²) in [6, 6.07) is 15.9. The number of hydrogen-bond acceptors (Lipinski definition) is 2. The lowest BCUT2D eigenvalue weighted by atomic mass is 9.89. The van der Waals surface area contributed by atoms with E-state index in [1.165, 1.54) is 11.1 Å². The third-order valence-electron chi connectivity index (χ3n) is 5.05. The van der Waals surface area contributed by atoms with E-state index in [1.54, 1.807) is 0 Å². The average molecular weight is 318 g/mol. The maximum atomic E-state index is 12.7. The molecular formula is C21H22N2O. The lowest BCUT2D eigenvalue weighted by molar-refractivity contribution is 0.0713. The summed E-state index contributed by atoms with van der Waals surface area (Å²) in [5, 5.41) is 8.89. The van der Waals surface area contributed by atoms with E-state index in [0.717, 1.165) is 37.1 Å². The smallest absolute Gasteiger partial charge is 0.253 e. The molecule has 1 aliphatic heterocycles. The molecule has 0 spiro atoms. The Balaban J connectivity index is 1.64. The first-order valence-electron chi connectivity index (χ1n) is 8.45. The van der Waals surface area contributed by atoms with E-state index in [2.05, 4.69) is 13.0 Å². The van der Waals surface area contributed by atoms with E-state index in [1.807, 2.05) is 54.3 Å². The minimum absolute atomic E-state index is 0.136. The number of carbonyl (C=O) groups is 1. The van der Waals surface area contributed by atoms with Crippen LogP contribution in [0, 0.1) is 25.2 Å². The van der Waals surface area contributed by atoms with Gasteiger partial charge in [-0.1, -0.05) is 18.2 Å². The summed E-state index contributed by atoms with van der Waals surface area (Å²) in [6.07, 6.45) is 1.95. The Kier molecular flexibility index (Phi) is 4.66. The fraction of sp³-hybridized carbons (Fsp3) is 0.333. The lowest BCUT2D eigenvalue weighted by Crippen LogP contribution is -2.37. The summed E-state index contributed by atoms with van der Waals surface area (Å²) in [5.41, 5.74) is 5.13. The highest BCUT2D eigenvalue weighted by atomic mass is 16.2. The van der Waals surface area contributed by atoms with Crippen LogP contribution in [0.1, 0.15) is 51.4 Å². The van der Waals surface area contributed by atoms with Gasteiger partial charge >= 0.3 is 0 Å². The average Bonchev–Trinajstić information content (AvgIpc) is 2.63. The monoisotopic (exact) mass is 318 g/mol. The summed E-state index contributed by atoms with van der Waals surface area (Å²) < 4.78 is 0. The second-order valence-corrected chi connectivity index (χ2v) is 6.60. The summed E-state index contributed by atoms with van der Waals surface area (Å²) in [4.78, 5) is 14.6. The second kappa shape index (κ2) is 6.88. The number of likely N-dealkylation sites (tertiary alicyclic amines) is 1. The predicted octanol–water partition coefficient (Wildman–Crippen LogP) is 4.19. The fourth-order valence-corrected chi connectivity index (χ4v) is 3.30. The van der Waals surface area contributed by atoms with Gasteiger partial charge in [0.2, 0.25) is 0 Å². The van der Waals surface area contributed by atoms with Gasteiger partial charge < -0.3 is 4.90 Å². The minimum Gasteiger partial charge on any atom is -0.339 e. The van der Waals surface area contributed by atoms with Gasteiger partial charge in [0.05, 0.1) is 11.6 Å². The standard InChI is InChI=1S/C21H22N2O/c1-15-3-6-20(13-16(15)2)21(24)23-11-9-19(10-12-23)18-7-4-17(14-22)5-8-18/h3-8,13,19H,9-12H2,1-2H3. The fourth-order valence-electron chi connectivity index (χ4n) is 3.30. The number of carbonyl (C=O) groups excluding carboxylic acids is 1. The molecule has 3 rings (SSSR count). The van der Waals surface area contributed by atoms with Crippen LogP contribution in [0.2, 0.25) is 0 Å². The van der Waals surface area contributed by atoms with Crippen molar-refractivity contribution in [1.82, 2.24) is 4.90 Å². The maximum Gasteiger partial charge on any atom is 0.253 e. The highest BCUT2D eigenvalue weighted by Crippen LogP contribution is 2.29. The zero-order valence-corrected chi connectivity index (χ0v) is 14.2. The van der Waals surface area contributed by atoms with E-state index in [4.69, 9.17) is 5.26 Å². The van der Waals surface area contributed by atoms with Crippen molar-refractivity contribution in [2.75, 3.05) is 13.1 Å². The molecule has 0 N–H and O–H groups in total. The van der Waals surface area contributed by atoms with Crippen LogP contribution in [0.15, 0.2) is 42.5 Å². The van der Waals surface area contributed by atoms with Crippen LogP contribution >= 0.6 is 0 Å². The highest BCUT2D eigenvalue weighted by molar-refractivity contribution is 5.94. The quantitative estimate of drug-likeness (QED) is 0.833. The van der Waals surface area contributed by atoms with E-state index in [-0.39, 0.29) is 5.91 Å². The molecule has 1 saturated heterocycles. The molecule has 0 radical (unpaired) electrons. The van der Waals surface area contributed by atoms with Gasteiger partial charge in [-0.3, -0.25) is 4.79 Å².